The first-order chi connectivity index (χ1) is 10.5. The molecule has 0 N–H and O–H groups in total. The van der Waals surface area contributed by atoms with Crippen LogP contribution in [-0.2, 0) is 8.85 Å². The van der Waals surface area contributed by atoms with Gasteiger partial charge in [0.2, 0.25) is 0 Å². The van der Waals surface area contributed by atoms with Crippen LogP contribution in [0, 0.1) is 0 Å². The molecule has 0 heterocycles. The third kappa shape index (κ3) is 11.7. The molecular weight excluding hydrogens is 288 g/mol. The highest BCUT2D eigenvalue weighted by Crippen LogP contribution is 2.23. The molecule has 0 aliphatic rings. The molecular formula is C19H42O2Si. The van der Waals surface area contributed by atoms with E-state index in [1.165, 1.54) is 64.2 Å². The lowest BCUT2D eigenvalue weighted by atomic mass is 10.1. The minimum absolute atomic E-state index is 0.366. The summed E-state index contributed by atoms with van der Waals surface area (Å²) >= 11 is 0. The second-order valence-corrected chi connectivity index (χ2v) is 9.44. The quantitative estimate of drug-likeness (QED) is 0.256. The molecule has 0 amide bonds. The van der Waals surface area contributed by atoms with Gasteiger partial charge in [-0.25, -0.2) is 0 Å². The van der Waals surface area contributed by atoms with Crippen molar-refractivity contribution in [3.8, 4) is 0 Å². The zero-order chi connectivity index (χ0) is 16.8. The van der Waals surface area contributed by atoms with Crippen LogP contribution in [0.2, 0.25) is 5.54 Å². The van der Waals surface area contributed by atoms with Gasteiger partial charge in [0.1, 0.15) is 0 Å². The zero-order valence-corrected chi connectivity index (χ0v) is 17.4. The van der Waals surface area contributed by atoms with Crippen molar-refractivity contribution >= 4 is 9.28 Å². The van der Waals surface area contributed by atoms with Crippen molar-refractivity contribution in [3.05, 3.63) is 0 Å². The molecule has 3 atom stereocenters. The van der Waals surface area contributed by atoms with Gasteiger partial charge in [-0.05, 0) is 38.7 Å². The van der Waals surface area contributed by atoms with Crippen molar-refractivity contribution in [2.24, 2.45) is 0 Å². The molecule has 3 unspecified atom stereocenters. The van der Waals surface area contributed by atoms with E-state index >= 15 is 0 Å². The van der Waals surface area contributed by atoms with Crippen LogP contribution in [0.3, 0.4) is 0 Å². The summed E-state index contributed by atoms with van der Waals surface area (Å²) in [7, 11) is -1.56. The van der Waals surface area contributed by atoms with E-state index in [1.54, 1.807) is 0 Å². The number of unbranched alkanes of at least 4 members (excludes halogenated alkanes) is 4. The van der Waals surface area contributed by atoms with Gasteiger partial charge in [0, 0.05) is 12.2 Å². The largest absolute Gasteiger partial charge is 0.394 e. The van der Waals surface area contributed by atoms with Gasteiger partial charge in [0.05, 0.1) is 0 Å². The van der Waals surface area contributed by atoms with Gasteiger partial charge in [0.15, 0.2) is 0 Å². The lowest BCUT2D eigenvalue weighted by Gasteiger charge is -2.28. The summed E-state index contributed by atoms with van der Waals surface area (Å²) in [6.07, 6.45) is 13.3. The molecule has 0 aliphatic heterocycles. The van der Waals surface area contributed by atoms with Crippen molar-refractivity contribution in [2.45, 2.75) is 123 Å². The molecule has 0 aromatic rings. The van der Waals surface area contributed by atoms with Crippen LogP contribution in [0.15, 0.2) is 0 Å². The van der Waals surface area contributed by atoms with E-state index < -0.39 is 9.28 Å². The summed E-state index contributed by atoms with van der Waals surface area (Å²) in [6.45, 7) is 13.6. The molecule has 0 aromatic heterocycles. The summed E-state index contributed by atoms with van der Waals surface area (Å²) in [5.74, 6) is 0. The van der Waals surface area contributed by atoms with Gasteiger partial charge >= 0.3 is 9.28 Å². The molecule has 0 aliphatic carbocycles. The Labute approximate surface area is 142 Å². The lowest BCUT2D eigenvalue weighted by Crippen LogP contribution is -2.34. The predicted molar refractivity (Wildman–Crippen MR) is 101 cm³/mol. The second-order valence-electron chi connectivity index (χ2n) is 7.02. The predicted octanol–water partition coefficient (Wildman–Crippen LogP) is 6.37. The van der Waals surface area contributed by atoms with Crippen molar-refractivity contribution < 1.29 is 8.85 Å². The Hall–Kier alpha value is 0.137. The highest BCUT2D eigenvalue weighted by atomic mass is 28.3. The van der Waals surface area contributed by atoms with Crippen molar-refractivity contribution in [3.63, 3.8) is 0 Å². The summed E-state index contributed by atoms with van der Waals surface area (Å²) in [6, 6.07) is 0. The second kappa shape index (κ2) is 14.7. The van der Waals surface area contributed by atoms with Gasteiger partial charge in [0.25, 0.3) is 0 Å². The van der Waals surface area contributed by atoms with E-state index in [1.807, 2.05) is 0 Å². The molecule has 134 valence electrons. The van der Waals surface area contributed by atoms with Gasteiger partial charge in [-0.3, -0.25) is 0 Å². The molecule has 22 heavy (non-hydrogen) atoms. The Morgan fingerprint density at radius 1 is 0.636 bits per heavy atom. The van der Waals surface area contributed by atoms with Crippen LogP contribution in [0.4, 0.5) is 0 Å². The van der Waals surface area contributed by atoms with Gasteiger partial charge in [-0.2, -0.15) is 0 Å². The molecule has 0 spiro atoms. The van der Waals surface area contributed by atoms with Crippen molar-refractivity contribution in [2.75, 3.05) is 0 Å². The monoisotopic (exact) mass is 330 g/mol. The Bertz CT molecular complexity index is 217. The van der Waals surface area contributed by atoms with E-state index in [0.717, 1.165) is 0 Å². The van der Waals surface area contributed by atoms with Crippen molar-refractivity contribution in [1.29, 1.82) is 0 Å². The van der Waals surface area contributed by atoms with E-state index in [0.29, 0.717) is 17.7 Å². The summed E-state index contributed by atoms with van der Waals surface area (Å²) in [5, 5.41) is 0. The summed E-state index contributed by atoms with van der Waals surface area (Å²) < 4.78 is 12.8. The maximum Gasteiger partial charge on any atom is 0.324 e. The van der Waals surface area contributed by atoms with Gasteiger partial charge in [-0.15, -0.1) is 0 Å². The van der Waals surface area contributed by atoms with E-state index in [9.17, 15) is 0 Å². The van der Waals surface area contributed by atoms with Crippen LogP contribution in [-0.4, -0.2) is 21.5 Å². The Morgan fingerprint density at radius 2 is 1.09 bits per heavy atom. The average Bonchev–Trinajstić information content (AvgIpc) is 2.47. The van der Waals surface area contributed by atoms with Gasteiger partial charge in [-0.1, -0.05) is 72.6 Å². The molecule has 2 nitrogen and oxygen atoms in total. The van der Waals surface area contributed by atoms with Crippen LogP contribution >= 0.6 is 0 Å². The zero-order valence-electron chi connectivity index (χ0n) is 16.2. The smallest absolute Gasteiger partial charge is 0.324 e. The first kappa shape index (κ1) is 22.1. The Kier molecular flexibility index (Phi) is 14.8. The Morgan fingerprint density at radius 3 is 1.45 bits per heavy atom. The highest BCUT2D eigenvalue weighted by Gasteiger charge is 2.26. The van der Waals surface area contributed by atoms with E-state index in [4.69, 9.17) is 8.85 Å². The molecule has 0 aromatic carbocycles. The minimum atomic E-state index is -1.56. The third-order valence-corrected chi connectivity index (χ3v) is 7.10. The van der Waals surface area contributed by atoms with Crippen LogP contribution in [0.5, 0.6) is 0 Å². The van der Waals surface area contributed by atoms with Crippen LogP contribution in [0.25, 0.3) is 0 Å². The van der Waals surface area contributed by atoms with Crippen LogP contribution < -0.4 is 0 Å². The molecule has 0 bridgehead atoms. The standard InChI is InChI=1S/C19H42O2Si/c1-7-10-12-15-17(4)20-22(19(6)14-9-3)21-18(5)16-13-11-8-2/h17-19,22H,7-16H2,1-6H3. The van der Waals surface area contributed by atoms with E-state index in [2.05, 4.69) is 41.5 Å². The summed E-state index contributed by atoms with van der Waals surface area (Å²) in [4.78, 5) is 0. The highest BCUT2D eigenvalue weighted by molar-refractivity contribution is 6.46. The molecule has 0 fully saturated rings. The fraction of sp³-hybridized carbons (Fsp3) is 1.00. The third-order valence-electron chi connectivity index (χ3n) is 4.37. The maximum absolute atomic E-state index is 6.40. The molecule has 0 radical (unpaired) electrons. The molecule has 0 rings (SSSR count). The minimum Gasteiger partial charge on any atom is -0.394 e. The fourth-order valence-electron chi connectivity index (χ4n) is 2.85. The number of hydrogen-bond donors (Lipinski definition) is 0. The maximum atomic E-state index is 6.40. The molecule has 0 saturated carbocycles. The lowest BCUT2D eigenvalue weighted by molar-refractivity contribution is 0.0975. The topological polar surface area (TPSA) is 18.5 Å². The summed E-state index contributed by atoms with van der Waals surface area (Å²) in [5.41, 5.74) is 0.618. The first-order valence-corrected chi connectivity index (χ1v) is 11.5. The first-order valence-electron chi connectivity index (χ1n) is 9.85. The normalized spacial score (nSPS) is 17.2. The molecule has 0 saturated heterocycles. The van der Waals surface area contributed by atoms with Gasteiger partial charge < -0.3 is 8.85 Å². The fourth-order valence-corrected chi connectivity index (χ4v) is 5.24. The van der Waals surface area contributed by atoms with Crippen LogP contribution in [0.1, 0.15) is 106 Å². The number of rotatable bonds is 15. The SMILES string of the molecule is CCCCCC(C)O[SiH](OC(C)CCCCC)C(C)CCC. The van der Waals surface area contributed by atoms with Crippen molar-refractivity contribution in [1.82, 2.24) is 0 Å². The average molecular weight is 331 g/mol. The number of hydrogen-bond acceptors (Lipinski definition) is 2. The molecule has 3 heteroatoms. The Balaban J connectivity index is 4.29. The van der Waals surface area contributed by atoms with E-state index in [-0.39, 0.29) is 0 Å².